The molecule has 0 aromatic heterocycles. The van der Waals surface area contributed by atoms with E-state index in [1.165, 1.54) is 43.5 Å². The van der Waals surface area contributed by atoms with Gasteiger partial charge in [-0.15, -0.1) is 0 Å². The van der Waals surface area contributed by atoms with Crippen LogP contribution in [0.25, 0.3) is 0 Å². The molecule has 2 spiro atoms. The van der Waals surface area contributed by atoms with Crippen molar-refractivity contribution < 1.29 is 19.1 Å². The van der Waals surface area contributed by atoms with E-state index >= 15 is 0 Å². The van der Waals surface area contributed by atoms with Crippen LogP contribution in [0.5, 0.6) is 0 Å². The highest BCUT2D eigenvalue weighted by molar-refractivity contribution is 7.02. The van der Waals surface area contributed by atoms with E-state index in [0.717, 1.165) is 85.7 Å². The number of hydrogen-bond acceptors (Lipinski definition) is 8. The third-order valence-corrected chi connectivity index (χ3v) is 23.3. The van der Waals surface area contributed by atoms with E-state index in [9.17, 15) is 9.59 Å². The van der Waals surface area contributed by atoms with Crippen LogP contribution in [0, 0.1) is 0 Å². The SMILES string of the molecule is CCN(CC)c1ccc2c(c1)[Si](C)(C)c1cc(N(CC)CC)ccc1C21OC(=O)c2ccccc21.CCN(CC)c1ccc2c(c1)[Si](C)(C)c1cc(N(CC)CC)ccc1C21OC(=O)c2ccccc21. The largest absolute Gasteiger partial charge is 0.441 e. The van der Waals surface area contributed by atoms with Gasteiger partial charge in [0.2, 0.25) is 0 Å². The van der Waals surface area contributed by atoms with Crippen molar-refractivity contribution in [1.82, 2.24) is 0 Å². The van der Waals surface area contributed by atoms with Crippen molar-refractivity contribution >= 4 is 71.6 Å². The van der Waals surface area contributed by atoms with E-state index in [-0.39, 0.29) is 11.9 Å². The highest BCUT2D eigenvalue weighted by atomic mass is 28.3. The lowest BCUT2D eigenvalue weighted by atomic mass is 9.79. The number of hydrogen-bond donors (Lipinski definition) is 0. The fraction of sp³-hybridized carbons (Fsp3) is 0.367. The summed E-state index contributed by atoms with van der Waals surface area (Å²) in [6.07, 6.45) is 0. The van der Waals surface area contributed by atoms with Gasteiger partial charge in [-0.05, 0) is 137 Å². The Morgan fingerprint density at radius 2 is 0.600 bits per heavy atom. The van der Waals surface area contributed by atoms with Crippen LogP contribution in [-0.2, 0) is 20.7 Å². The standard InChI is InChI=1S/2C30H36N2O2Si/c2*1-7-31(8-2)21-15-17-25-27(19-21)35(5,6)28-20-22(32(9-3)10-4)16-18-26(28)30(25)24-14-12-11-13-23(24)29(33)34-30/h2*11-20H,7-10H2,1-6H3. The third-order valence-electron chi connectivity index (χ3n) is 16.3. The Balaban J connectivity index is 0.000000174. The number of fused-ring (bicyclic) bond motifs is 12. The van der Waals surface area contributed by atoms with Crippen LogP contribution in [-0.4, -0.2) is 80.4 Å². The molecule has 0 saturated heterocycles. The first kappa shape index (κ1) is 48.9. The van der Waals surface area contributed by atoms with Gasteiger partial charge in [0.05, 0.1) is 11.1 Å². The summed E-state index contributed by atoms with van der Waals surface area (Å²) in [5.74, 6) is -0.473. The van der Waals surface area contributed by atoms with Crippen LogP contribution >= 0.6 is 0 Å². The van der Waals surface area contributed by atoms with E-state index in [4.69, 9.17) is 9.47 Å². The second kappa shape index (κ2) is 18.6. The van der Waals surface area contributed by atoms with E-state index in [0.29, 0.717) is 11.1 Å². The zero-order valence-corrected chi connectivity index (χ0v) is 45.6. The van der Waals surface area contributed by atoms with Crippen LogP contribution in [0.4, 0.5) is 22.7 Å². The quantitative estimate of drug-likeness (QED) is 0.0888. The Bertz CT molecular complexity index is 2650. The minimum Gasteiger partial charge on any atom is -0.441 e. The van der Waals surface area contributed by atoms with Gasteiger partial charge in [-0.25, -0.2) is 9.59 Å². The van der Waals surface area contributed by atoms with Crippen molar-refractivity contribution in [3.8, 4) is 0 Å². The lowest BCUT2D eigenvalue weighted by Crippen LogP contribution is -2.63. The second-order valence-corrected chi connectivity index (χ2v) is 28.7. The maximum Gasteiger partial charge on any atom is 0.340 e. The molecule has 8 nitrogen and oxygen atoms in total. The van der Waals surface area contributed by atoms with Gasteiger partial charge >= 0.3 is 11.9 Å². The number of benzene rings is 6. The van der Waals surface area contributed by atoms with Crippen molar-refractivity contribution in [2.24, 2.45) is 0 Å². The van der Waals surface area contributed by atoms with Crippen LogP contribution in [0.2, 0.25) is 26.2 Å². The number of nitrogens with zero attached hydrogens (tertiary/aromatic N) is 4. The summed E-state index contributed by atoms with van der Waals surface area (Å²) in [4.78, 5) is 36.0. The molecule has 4 aliphatic rings. The zero-order chi connectivity index (χ0) is 49.9. The Morgan fingerprint density at radius 3 is 0.843 bits per heavy atom. The average molecular weight is 969 g/mol. The Kier molecular flexibility index (Phi) is 13.0. The Labute approximate surface area is 419 Å². The molecule has 0 N–H and O–H groups in total. The van der Waals surface area contributed by atoms with Gasteiger partial charge in [-0.3, -0.25) is 0 Å². The predicted octanol–water partition coefficient (Wildman–Crippen LogP) is 9.95. The average Bonchev–Trinajstić information content (AvgIpc) is 3.85. The van der Waals surface area contributed by atoms with Crippen LogP contribution in [0.1, 0.15) is 109 Å². The molecule has 0 bridgehead atoms. The molecule has 6 aromatic carbocycles. The molecule has 0 atom stereocenters. The topological polar surface area (TPSA) is 65.6 Å². The molecule has 70 heavy (non-hydrogen) atoms. The lowest BCUT2D eigenvalue weighted by Gasteiger charge is -2.44. The molecule has 0 aliphatic carbocycles. The molecule has 364 valence electrons. The van der Waals surface area contributed by atoms with Gasteiger partial charge in [0.15, 0.2) is 11.2 Å². The first-order valence-electron chi connectivity index (χ1n) is 25.9. The molecule has 4 heterocycles. The molecular weight excluding hydrogens is 897 g/mol. The minimum absolute atomic E-state index is 0.237. The summed E-state index contributed by atoms with van der Waals surface area (Å²) in [5, 5.41) is 5.43. The van der Waals surface area contributed by atoms with Crippen molar-refractivity contribution in [1.29, 1.82) is 0 Å². The first-order valence-corrected chi connectivity index (χ1v) is 31.9. The fourth-order valence-corrected chi connectivity index (χ4v) is 18.7. The Morgan fingerprint density at radius 1 is 0.357 bits per heavy atom. The summed E-state index contributed by atoms with van der Waals surface area (Å²) in [7, 11) is -4.24. The van der Waals surface area contributed by atoms with Gasteiger partial charge in [0.1, 0.15) is 16.1 Å². The normalized spacial score (nSPS) is 16.3. The first-order chi connectivity index (χ1) is 33.7. The van der Waals surface area contributed by atoms with Crippen LogP contribution < -0.4 is 40.3 Å². The summed E-state index contributed by atoms with van der Waals surface area (Å²) < 4.78 is 12.9. The highest BCUT2D eigenvalue weighted by Gasteiger charge is 2.57. The molecule has 10 heteroatoms. The van der Waals surface area contributed by atoms with Gasteiger partial charge in [-0.1, -0.05) is 86.9 Å². The van der Waals surface area contributed by atoms with E-state index < -0.39 is 27.3 Å². The van der Waals surface area contributed by atoms with Crippen molar-refractivity contribution in [2.45, 2.75) is 92.8 Å². The van der Waals surface area contributed by atoms with Gasteiger partial charge < -0.3 is 29.1 Å². The monoisotopic (exact) mass is 969 g/mol. The Hall–Kier alpha value is -6.11. The van der Waals surface area contributed by atoms with Crippen LogP contribution in [0.3, 0.4) is 0 Å². The molecule has 10 rings (SSSR count). The van der Waals surface area contributed by atoms with Gasteiger partial charge in [-0.2, -0.15) is 0 Å². The van der Waals surface area contributed by atoms with Crippen molar-refractivity contribution in [2.75, 3.05) is 72.0 Å². The molecule has 0 radical (unpaired) electrons. The molecule has 6 aromatic rings. The maximum absolute atomic E-state index is 13.2. The number of carbonyl (C=O) groups excluding carboxylic acids is 2. The summed E-state index contributed by atoms with van der Waals surface area (Å²) in [6.45, 7) is 35.1. The molecule has 4 aliphatic heterocycles. The number of anilines is 4. The van der Waals surface area contributed by atoms with E-state index in [2.05, 4.69) is 186 Å². The summed E-state index contributed by atoms with van der Waals surface area (Å²) >= 11 is 0. The molecule has 0 unspecified atom stereocenters. The van der Waals surface area contributed by atoms with Crippen molar-refractivity contribution in [3.05, 3.63) is 166 Å². The van der Waals surface area contributed by atoms with Crippen LogP contribution in [0.15, 0.2) is 121 Å². The molecular formula is C60H72N4O4Si2. The van der Waals surface area contributed by atoms with Gasteiger partial charge in [0, 0.05) is 108 Å². The number of esters is 2. The van der Waals surface area contributed by atoms with E-state index in [1.54, 1.807) is 0 Å². The van der Waals surface area contributed by atoms with Gasteiger partial charge in [0.25, 0.3) is 0 Å². The highest BCUT2D eigenvalue weighted by Crippen LogP contribution is 2.51. The molecule has 0 fully saturated rings. The predicted molar refractivity (Wildman–Crippen MR) is 297 cm³/mol. The minimum atomic E-state index is -2.12. The van der Waals surface area contributed by atoms with E-state index in [1.807, 2.05) is 36.4 Å². The third kappa shape index (κ3) is 7.25. The zero-order valence-electron chi connectivity index (χ0n) is 43.6. The second-order valence-electron chi connectivity index (χ2n) is 20.1. The lowest BCUT2D eigenvalue weighted by molar-refractivity contribution is 0.0246. The summed E-state index contributed by atoms with van der Waals surface area (Å²) in [5.41, 5.74) is 11.0. The number of ether oxygens (including phenoxy) is 2. The summed E-state index contributed by atoms with van der Waals surface area (Å²) in [6, 6.07) is 43.2. The smallest absolute Gasteiger partial charge is 0.340 e. The maximum atomic E-state index is 13.2. The van der Waals surface area contributed by atoms with Crippen molar-refractivity contribution in [3.63, 3.8) is 0 Å². The number of rotatable bonds is 12. The molecule has 0 amide bonds. The molecule has 0 saturated carbocycles. The fourth-order valence-electron chi connectivity index (χ4n) is 12.4. The number of carbonyl (C=O) groups is 2.